The Kier molecular flexibility index (Phi) is 24.6. The first-order valence-corrected chi connectivity index (χ1v) is 25.4. The third-order valence-corrected chi connectivity index (χ3v) is 16.6. The number of amides is 3. The molecule has 0 aromatic rings. The zero-order valence-corrected chi connectivity index (χ0v) is 43.0. The van der Waals surface area contributed by atoms with Crippen LogP contribution >= 0.6 is 17.0 Å². The number of nitrogens with zero attached hydrogens (tertiary/aromatic N) is 7. The molecule has 0 aromatic carbocycles. The summed E-state index contributed by atoms with van der Waals surface area (Å²) in [7, 11) is -0.915. The van der Waals surface area contributed by atoms with Crippen molar-refractivity contribution in [3.05, 3.63) is 35.0 Å². The lowest BCUT2D eigenvalue weighted by Gasteiger charge is -2.45. The Labute approximate surface area is 392 Å². The number of aliphatic hydroxyl groups excluding tert-OH is 1. The number of rotatable bonds is 25. The van der Waals surface area contributed by atoms with Gasteiger partial charge in [-0.25, -0.2) is 27.2 Å². The minimum Gasteiger partial charge on any atom is -0.400 e. The summed E-state index contributed by atoms with van der Waals surface area (Å²) < 4.78 is 45.2. The van der Waals surface area contributed by atoms with Gasteiger partial charge in [0.15, 0.2) is 8.45 Å². The van der Waals surface area contributed by atoms with Crippen LogP contribution in [0.4, 0.5) is 0 Å². The van der Waals surface area contributed by atoms with Gasteiger partial charge in [0.25, 0.3) is 20.3 Å². The third-order valence-electron chi connectivity index (χ3n) is 11.5. The minimum absolute atomic E-state index is 0.0525. The van der Waals surface area contributed by atoms with Gasteiger partial charge < -0.3 is 38.0 Å². The number of carbonyl (C=O) groups excluding carboxylic acids is 3. The van der Waals surface area contributed by atoms with Crippen molar-refractivity contribution in [3.8, 4) is 0 Å². The average Bonchev–Trinajstić information content (AvgIpc) is 3.94. The summed E-state index contributed by atoms with van der Waals surface area (Å²) in [5.41, 5.74) is -0.364. The molecule has 0 aromatic heterocycles. The minimum atomic E-state index is -1.37. The van der Waals surface area contributed by atoms with Gasteiger partial charge in [-0.05, 0) is 126 Å². The molecule has 4 rings (SSSR count). The van der Waals surface area contributed by atoms with Crippen molar-refractivity contribution in [2.24, 2.45) is 29.1 Å². The van der Waals surface area contributed by atoms with Crippen LogP contribution in [0.25, 0.3) is 9.69 Å². The number of ether oxygens (including phenoxy) is 1. The Hall–Kier alpha value is -2.17. The number of piperidine rings is 1. The summed E-state index contributed by atoms with van der Waals surface area (Å²) in [6, 6.07) is 2.11. The van der Waals surface area contributed by atoms with Crippen molar-refractivity contribution >= 4 is 34.7 Å². The van der Waals surface area contributed by atoms with E-state index in [1.54, 1.807) is 4.90 Å². The molecule has 18 heteroatoms. The summed E-state index contributed by atoms with van der Waals surface area (Å²) in [5, 5.41) is 4.45. The first kappa shape index (κ1) is 54.4. The highest BCUT2D eigenvalue weighted by molar-refractivity contribution is 7.47. The molecule has 1 N–H and O–H groups in total. The largest absolute Gasteiger partial charge is 0.400 e. The molecule has 64 heavy (non-hydrogen) atoms. The maximum absolute atomic E-state index is 12.8. The fourth-order valence-electron chi connectivity index (χ4n) is 8.85. The van der Waals surface area contributed by atoms with E-state index in [9.17, 15) is 14.4 Å². The van der Waals surface area contributed by atoms with Crippen molar-refractivity contribution < 1.29 is 44.0 Å². The van der Waals surface area contributed by atoms with Gasteiger partial charge >= 0.3 is 0 Å². The van der Waals surface area contributed by atoms with Crippen LogP contribution in [-0.2, 0) is 37.5 Å². The van der Waals surface area contributed by atoms with Crippen molar-refractivity contribution in [2.75, 3.05) is 72.9 Å². The van der Waals surface area contributed by atoms with Crippen molar-refractivity contribution in [2.45, 2.75) is 152 Å². The van der Waals surface area contributed by atoms with Gasteiger partial charge in [-0.2, -0.15) is 5.06 Å². The molecule has 366 valence electrons. The molecular weight excluding hydrogens is 856 g/mol. The van der Waals surface area contributed by atoms with Gasteiger partial charge in [0.2, 0.25) is 20.4 Å². The first-order valence-electron chi connectivity index (χ1n) is 24.2. The summed E-state index contributed by atoms with van der Waals surface area (Å²) in [6.45, 7) is 43.6. The van der Waals surface area contributed by atoms with E-state index in [1.807, 2.05) is 0 Å². The molecule has 4 aliphatic rings. The molecule has 0 spiro atoms. The number of fused-ring (bicyclic) bond motifs is 5. The molecule has 2 aliphatic carbocycles. The monoisotopic (exact) mass is 944 g/mol. The summed E-state index contributed by atoms with van der Waals surface area (Å²) in [4.78, 5) is 52.2. The van der Waals surface area contributed by atoms with Crippen molar-refractivity contribution in [1.82, 2.24) is 24.0 Å². The normalized spacial score (nSPS) is 22.2. The highest BCUT2D eigenvalue weighted by Gasteiger charge is 2.60. The van der Waals surface area contributed by atoms with Crippen LogP contribution < -0.4 is 0 Å². The number of hydrogen-bond acceptors (Lipinski definition) is 12. The lowest BCUT2D eigenvalue weighted by Crippen LogP contribution is -2.45. The van der Waals surface area contributed by atoms with Crippen LogP contribution in [0.3, 0.4) is 0 Å². The summed E-state index contributed by atoms with van der Waals surface area (Å²) >= 11 is 0. The number of likely N-dealkylation sites (tertiary alicyclic amines) is 1. The average molecular weight is 944 g/mol. The Morgan fingerprint density at radius 2 is 1.27 bits per heavy atom. The van der Waals surface area contributed by atoms with E-state index in [0.29, 0.717) is 82.9 Å². The SMILES string of the molecule is [3H]CC1(COP(OCC[N+]#[C-])N(C(C)C)C(C)C)CCN(C(=O)COCCCON2C(=O)C3C4C=CC(C4)C3C2=O)CC1.[3H]OC.[C-]#[N+]CCOP(N(C(C)C)C(C)C)N(C(C)C)C(C)C. The predicted octanol–water partition coefficient (Wildman–Crippen LogP) is 8.05. The van der Waals surface area contributed by atoms with E-state index in [2.05, 4.69) is 124 Å². The van der Waals surface area contributed by atoms with E-state index in [0.717, 1.165) is 11.5 Å². The van der Waals surface area contributed by atoms with Gasteiger partial charge in [0.1, 0.15) is 19.8 Å². The molecule has 3 amide bonds. The fraction of sp³-hybridized carbons (Fsp3) is 0.848. The maximum atomic E-state index is 12.8. The van der Waals surface area contributed by atoms with Crippen LogP contribution in [0.5, 0.6) is 0 Å². The predicted molar refractivity (Wildman–Crippen MR) is 254 cm³/mol. The smallest absolute Gasteiger partial charge is 0.259 e. The van der Waals surface area contributed by atoms with E-state index in [-0.39, 0.29) is 92.2 Å². The summed E-state index contributed by atoms with van der Waals surface area (Å²) in [6.07, 6.45) is 6.75. The molecule has 5 unspecified atom stereocenters. The van der Waals surface area contributed by atoms with Crippen LogP contribution in [0.2, 0.25) is 0 Å². The quantitative estimate of drug-likeness (QED) is 0.0311. The van der Waals surface area contributed by atoms with Crippen LogP contribution in [-0.4, -0.2) is 157 Å². The number of carbonyl (C=O) groups is 3. The Morgan fingerprint density at radius 3 is 1.70 bits per heavy atom. The zero-order valence-electron chi connectivity index (χ0n) is 43.2. The highest BCUT2D eigenvalue weighted by Crippen LogP contribution is 2.53. The van der Waals surface area contributed by atoms with Gasteiger partial charge in [-0.3, -0.25) is 19.2 Å². The molecule has 16 nitrogen and oxygen atoms in total. The second-order valence-corrected chi connectivity index (χ2v) is 21.6. The van der Waals surface area contributed by atoms with Crippen LogP contribution in [0.15, 0.2) is 12.2 Å². The number of imide groups is 1. The topological polar surface area (TPSA) is 143 Å². The lowest BCUT2D eigenvalue weighted by atomic mass is 9.81. The Morgan fingerprint density at radius 1 is 0.797 bits per heavy atom. The molecule has 2 aliphatic heterocycles. The Bertz CT molecular complexity index is 1500. The molecule has 1 saturated carbocycles. The van der Waals surface area contributed by atoms with Crippen LogP contribution in [0, 0.1) is 42.2 Å². The molecule has 2 heterocycles. The summed E-state index contributed by atoms with van der Waals surface area (Å²) in [5.74, 6) is -0.819. The van der Waals surface area contributed by atoms with Crippen molar-refractivity contribution in [3.63, 3.8) is 0 Å². The van der Waals surface area contributed by atoms with Gasteiger partial charge in [-0.15, -0.1) is 0 Å². The van der Waals surface area contributed by atoms with Gasteiger partial charge in [0, 0.05) is 64.4 Å². The molecule has 0 radical (unpaired) electrons. The second-order valence-electron chi connectivity index (χ2n) is 18.5. The molecule has 3 fully saturated rings. The zero-order chi connectivity index (χ0) is 49.7. The first-order chi connectivity index (χ1) is 31.3. The molecule has 2 bridgehead atoms. The maximum Gasteiger partial charge on any atom is 0.259 e. The number of hydrogen-bond donors (Lipinski definition) is 1. The van der Waals surface area contributed by atoms with Gasteiger partial charge in [-0.1, -0.05) is 19.1 Å². The molecular formula is C46H83N7O9P2. The van der Waals surface area contributed by atoms with Crippen LogP contribution in [0.1, 0.15) is 117 Å². The lowest BCUT2D eigenvalue weighted by molar-refractivity contribution is -0.191. The molecule has 5 atom stereocenters. The number of allylic oxidation sites excluding steroid dienone is 2. The highest BCUT2D eigenvalue weighted by atomic mass is 31.2. The van der Waals surface area contributed by atoms with Gasteiger partial charge in [0.05, 0.1) is 25.0 Å². The van der Waals surface area contributed by atoms with E-state index >= 15 is 0 Å². The second kappa shape index (κ2) is 28.9. The van der Waals surface area contributed by atoms with E-state index < -0.39 is 17.0 Å². The standard InChI is InChI=1S/C30H47N4O7P.C15H32N3OP.CH4O/c1-21(2)34(22(3)4)42(40-17-12-31-6)41-20-30(5)10-13-32(14-11-30)25(35)19-38-15-7-16-39-33-28(36)26-23-8-9-24(18-23)27(26)29(33)37;1-12(2)17(13(3)4)20(19-11-10-16-9)18(14(5)6)15(7)8;1-2/h8-9,21-24,26-27H,7,10-20H2,1-5H3;12-15H,10-11H2,1-8H3;2H,1H3/i5T;;2T. The number of aliphatic hydroxyl groups is 1. The number of hydroxylamine groups is 2. The fourth-order valence-corrected chi connectivity index (χ4v) is 12.9. The molecule has 2 saturated heterocycles. The van der Waals surface area contributed by atoms with E-state index in [4.69, 9.17) is 39.1 Å². The van der Waals surface area contributed by atoms with E-state index in [1.165, 1.54) is 7.11 Å². The van der Waals surface area contributed by atoms with Crippen molar-refractivity contribution in [1.29, 1.82) is 1.43 Å². The Balaban J connectivity index is 0.000000546. The third kappa shape index (κ3) is 16.6.